The Hall–Kier alpha value is -4.54. The first-order valence-corrected chi connectivity index (χ1v) is 11.7. The van der Waals surface area contributed by atoms with Crippen LogP contribution in [0.15, 0.2) is 114 Å². The number of nitrogens with two attached hydrogens (primary N) is 2. The second-order valence-electron chi connectivity index (χ2n) is 8.57. The van der Waals surface area contributed by atoms with Gasteiger partial charge in [0.2, 0.25) is 0 Å². The second-order valence-corrected chi connectivity index (χ2v) is 8.57. The number of nitrogens with one attached hydrogen (secondary N) is 1. The molecular formula is C31H25N3O. The third-order valence-electron chi connectivity index (χ3n) is 6.43. The third-order valence-corrected chi connectivity index (χ3v) is 6.43. The van der Waals surface area contributed by atoms with Crippen LogP contribution in [0.2, 0.25) is 0 Å². The number of aromatic amines is 1. The van der Waals surface area contributed by atoms with Gasteiger partial charge in [-0.15, -0.1) is 0 Å². The number of hydrogen-bond donors (Lipinski definition) is 3. The number of hydrogen-bond acceptors (Lipinski definition) is 3. The monoisotopic (exact) mass is 455 g/mol. The highest BCUT2D eigenvalue weighted by Crippen LogP contribution is 2.39. The minimum Gasteiger partial charge on any atom is -0.454 e. The van der Waals surface area contributed by atoms with Crippen LogP contribution in [0, 0.1) is 0 Å². The highest BCUT2D eigenvalue weighted by molar-refractivity contribution is 6.21. The SMILES string of the molecule is NC\C=C/C=C\C=C(/N)c1cccc2c1[nH]c1c2ccc2c3ccc(-c4ccccc4)cc3oc21. The van der Waals surface area contributed by atoms with Crippen molar-refractivity contribution in [3.63, 3.8) is 0 Å². The average molecular weight is 456 g/mol. The Morgan fingerprint density at radius 2 is 1.54 bits per heavy atom. The molecule has 0 atom stereocenters. The lowest BCUT2D eigenvalue weighted by atomic mass is 10.0. The molecule has 0 aliphatic carbocycles. The second kappa shape index (κ2) is 8.67. The van der Waals surface area contributed by atoms with Gasteiger partial charge >= 0.3 is 0 Å². The molecule has 0 radical (unpaired) electrons. The molecule has 0 fully saturated rings. The maximum Gasteiger partial charge on any atom is 0.159 e. The summed E-state index contributed by atoms with van der Waals surface area (Å²) in [6, 6.07) is 27.3. The maximum atomic E-state index is 6.46. The Bertz CT molecular complexity index is 1780. The number of para-hydroxylation sites is 1. The average Bonchev–Trinajstić information content (AvgIpc) is 3.47. The zero-order valence-electron chi connectivity index (χ0n) is 19.2. The molecule has 0 spiro atoms. The van der Waals surface area contributed by atoms with Crippen LogP contribution in [0.4, 0.5) is 0 Å². The summed E-state index contributed by atoms with van der Waals surface area (Å²) in [4.78, 5) is 3.62. The molecule has 2 heterocycles. The number of benzene rings is 4. The van der Waals surface area contributed by atoms with Crippen molar-refractivity contribution >= 4 is 49.4 Å². The van der Waals surface area contributed by atoms with Crippen molar-refractivity contribution < 1.29 is 4.42 Å². The molecule has 0 bridgehead atoms. The standard InChI is InChI=1S/C31H25N3O/c32-18-7-2-1-6-13-27(33)26-12-8-11-23-24-16-17-25-22-15-14-21(20-9-4-3-5-10-20)19-28(22)35-31(25)30(24)34-29(23)26/h1-17,19,34H,18,32-33H2/b6-1-,7-2-,27-13-. The van der Waals surface area contributed by atoms with Gasteiger partial charge in [0.25, 0.3) is 0 Å². The lowest BCUT2D eigenvalue weighted by Gasteiger charge is -2.02. The summed E-state index contributed by atoms with van der Waals surface area (Å²) < 4.78 is 6.45. The molecule has 6 aromatic rings. The highest BCUT2D eigenvalue weighted by Gasteiger charge is 2.16. The van der Waals surface area contributed by atoms with Crippen molar-refractivity contribution in [3.05, 3.63) is 115 Å². The summed E-state index contributed by atoms with van der Waals surface area (Å²) in [5, 5.41) is 4.44. The molecule has 6 rings (SSSR count). The summed E-state index contributed by atoms with van der Waals surface area (Å²) in [5.74, 6) is 0. The van der Waals surface area contributed by atoms with Crippen molar-refractivity contribution in [1.82, 2.24) is 4.98 Å². The van der Waals surface area contributed by atoms with Gasteiger partial charge in [0, 0.05) is 39.4 Å². The summed E-state index contributed by atoms with van der Waals surface area (Å²) in [7, 11) is 0. The van der Waals surface area contributed by atoms with Crippen LogP contribution in [0.5, 0.6) is 0 Å². The van der Waals surface area contributed by atoms with Crippen LogP contribution in [0.3, 0.4) is 0 Å². The Morgan fingerprint density at radius 1 is 0.743 bits per heavy atom. The van der Waals surface area contributed by atoms with Gasteiger partial charge in [0.05, 0.1) is 11.0 Å². The van der Waals surface area contributed by atoms with Crippen molar-refractivity contribution in [1.29, 1.82) is 0 Å². The molecule has 0 saturated heterocycles. The number of allylic oxidation sites excluding steroid dienone is 4. The molecular weight excluding hydrogens is 430 g/mol. The van der Waals surface area contributed by atoms with Gasteiger partial charge in [0.1, 0.15) is 5.58 Å². The number of fused-ring (bicyclic) bond motifs is 7. The van der Waals surface area contributed by atoms with E-state index in [0.29, 0.717) is 12.2 Å². The fraction of sp³-hybridized carbons (Fsp3) is 0.0323. The molecule has 4 aromatic carbocycles. The van der Waals surface area contributed by atoms with Crippen LogP contribution < -0.4 is 11.5 Å². The molecule has 2 aromatic heterocycles. The van der Waals surface area contributed by atoms with Crippen LogP contribution in [-0.4, -0.2) is 11.5 Å². The predicted molar refractivity (Wildman–Crippen MR) is 148 cm³/mol. The van der Waals surface area contributed by atoms with E-state index in [2.05, 4.69) is 65.6 Å². The summed E-state index contributed by atoms with van der Waals surface area (Å²) in [6.07, 6.45) is 9.55. The zero-order valence-corrected chi connectivity index (χ0v) is 19.2. The fourth-order valence-electron chi connectivity index (χ4n) is 4.75. The molecule has 4 heteroatoms. The Labute approximate surface area is 202 Å². The quantitative estimate of drug-likeness (QED) is 0.239. The van der Waals surface area contributed by atoms with Crippen LogP contribution in [-0.2, 0) is 0 Å². The van der Waals surface area contributed by atoms with Gasteiger partial charge in [-0.25, -0.2) is 0 Å². The van der Waals surface area contributed by atoms with Gasteiger partial charge in [-0.1, -0.05) is 85.0 Å². The highest BCUT2D eigenvalue weighted by atomic mass is 16.3. The topological polar surface area (TPSA) is 81.0 Å². The van der Waals surface area contributed by atoms with E-state index in [9.17, 15) is 0 Å². The Kier molecular flexibility index (Phi) is 5.21. The number of aromatic nitrogens is 1. The van der Waals surface area contributed by atoms with E-state index in [4.69, 9.17) is 15.9 Å². The first-order chi connectivity index (χ1) is 17.2. The smallest absolute Gasteiger partial charge is 0.159 e. The summed E-state index contributed by atoms with van der Waals surface area (Å²) >= 11 is 0. The molecule has 0 saturated carbocycles. The minimum absolute atomic E-state index is 0.516. The molecule has 0 amide bonds. The Balaban J connectivity index is 1.52. The predicted octanol–water partition coefficient (Wildman–Crippen LogP) is 7.26. The van der Waals surface area contributed by atoms with Crippen LogP contribution in [0.1, 0.15) is 5.56 Å². The normalized spacial score (nSPS) is 12.9. The molecule has 5 N–H and O–H groups in total. The minimum atomic E-state index is 0.516. The van der Waals surface area contributed by atoms with Gasteiger partial charge < -0.3 is 20.9 Å². The number of rotatable bonds is 5. The molecule has 0 aliphatic rings. The molecule has 0 aliphatic heterocycles. The van der Waals surface area contributed by atoms with E-state index in [1.165, 1.54) is 5.56 Å². The lowest BCUT2D eigenvalue weighted by Crippen LogP contribution is -1.96. The van der Waals surface area contributed by atoms with Crippen LogP contribution >= 0.6 is 0 Å². The third kappa shape index (κ3) is 3.61. The lowest BCUT2D eigenvalue weighted by molar-refractivity contribution is 0.672. The molecule has 170 valence electrons. The number of H-pyrrole nitrogens is 1. The largest absolute Gasteiger partial charge is 0.454 e. The fourth-order valence-corrected chi connectivity index (χ4v) is 4.75. The van der Waals surface area contributed by atoms with Gasteiger partial charge in [-0.3, -0.25) is 0 Å². The number of furan rings is 1. The first-order valence-electron chi connectivity index (χ1n) is 11.7. The van der Waals surface area contributed by atoms with E-state index >= 15 is 0 Å². The van der Waals surface area contributed by atoms with Gasteiger partial charge in [0.15, 0.2) is 5.58 Å². The maximum absolute atomic E-state index is 6.46. The van der Waals surface area contributed by atoms with E-state index in [0.717, 1.165) is 54.9 Å². The molecule has 35 heavy (non-hydrogen) atoms. The van der Waals surface area contributed by atoms with E-state index in [1.54, 1.807) is 0 Å². The first kappa shape index (κ1) is 21.0. The molecule has 0 unspecified atom stereocenters. The van der Waals surface area contributed by atoms with Crippen molar-refractivity contribution in [2.24, 2.45) is 11.5 Å². The van der Waals surface area contributed by atoms with Crippen LogP contribution in [0.25, 0.3) is 60.6 Å². The summed E-state index contributed by atoms with van der Waals surface area (Å²) in [6.45, 7) is 0.516. The zero-order chi connectivity index (χ0) is 23.8. The molecule has 4 nitrogen and oxygen atoms in total. The summed E-state index contributed by atoms with van der Waals surface area (Å²) in [5.41, 5.74) is 19.6. The van der Waals surface area contributed by atoms with E-state index in [1.807, 2.05) is 48.6 Å². The van der Waals surface area contributed by atoms with E-state index in [-0.39, 0.29) is 0 Å². The van der Waals surface area contributed by atoms with Gasteiger partial charge in [-0.2, -0.15) is 0 Å². The van der Waals surface area contributed by atoms with Gasteiger partial charge in [-0.05, 0) is 35.4 Å². The van der Waals surface area contributed by atoms with Crippen molar-refractivity contribution in [2.45, 2.75) is 0 Å². The van der Waals surface area contributed by atoms with E-state index < -0.39 is 0 Å². The Morgan fingerprint density at radius 3 is 2.40 bits per heavy atom. The van der Waals surface area contributed by atoms with Crippen molar-refractivity contribution in [2.75, 3.05) is 6.54 Å². The van der Waals surface area contributed by atoms with Crippen molar-refractivity contribution in [3.8, 4) is 11.1 Å².